The van der Waals surface area contributed by atoms with E-state index in [1.54, 1.807) is 6.07 Å². The van der Waals surface area contributed by atoms with E-state index in [9.17, 15) is 0 Å². The summed E-state index contributed by atoms with van der Waals surface area (Å²) >= 11 is 0. The maximum absolute atomic E-state index is 5.59. The highest BCUT2D eigenvalue weighted by atomic mass is 16.5. The van der Waals surface area contributed by atoms with E-state index in [2.05, 4.69) is 22.2 Å². The van der Waals surface area contributed by atoms with Gasteiger partial charge in [0.25, 0.3) is 0 Å². The molecule has 3 N–H and O–H groups in total. The highest BCUT2D eigenvalue weighted by Crippen LogP contribution is 2.12. The molecule has 0 radical (unpaired) electrons. The van der Waals surface area contributed by atoms with Gasteiger partial charge in [-0.3, -0.25) is 0 Å². The lowest BCUT2D eigenvalue weighted by Gasteiger charge is -2.15. The quantitative estimate of drug-likeness (QED) is 0.733. The number of ether oxygens (including phenoxy) is 1. The Morgan fingerprint density at radius 1 is 1.47 bits per heavy atom. The molecular weight excluding hydrogens is 192 g/mol. The second-order valence-corrected chi connectivity index (χ2v) is 3.16. The highest BCUT2D eigenvalue weighted by Gasteiger charge is 2.05. The van der Waals surface area contributed by atoms with Crippen LogP contribution in [0.1, 0.15) is 20.3 Å². The van der Waals surface area contributed by atoms with E-state index in [1.807, 2.05) is 6.92 Å². The van der Waals surface area contributed by atoms with Crippen LogP contribution in [0.2, 0.25) is 0 Å². The van der Waals surface area contributed by atoms with Crippen molar-refractivity contribution in [1.82, 2.24) is 9.97 Å². The van der Waals surface area contributed by atoms with Gasteiger partial charge < -0.3 is 15.8 Å². The molecule has 1 rings (SSSR count). The van der Waals surface area contributed by atoms with Gasteiger partial charge >= 0.3 is 0 Å². The molecule has 1 unspecified atom stereocenters. The van der Waals surface area contributed by atoms with Crippen LogP contribution in [-0.4, -0.2) is 29.2 Å². The van der Waals surface area contributed by atoms with Crippen molar-refractivity contribution < 1.29 is 4.74 Å². The van der Waals surface area contributed by atoms with Crippen LogP contribution in [0.15, 0.2) is 12.4 Å². The summed E-state index contributed by atoms with van der Waals surface area (Å²) in [6, 6.07) is 2.02. The number of aromatic nitrogens is 2. The second-order valence-electron chi connectivity index (χ2n) is 3.16. The van der Waals surface area contributed by atoms with Crippen molar-refractivity contribution >= 4 is 5.82 Å². The standard InChI is InChI=1S/C10H18N4O/c1-3-8(6-11)14-9-5-10(15-4-2)13-7-12-9/h5,7-8H,3-4,6,11H2,1-2H3,(H,12,13,14). The van der Waals surface area contributed by atoms with Crippen LogP contribution in [0.3, 0.4) is 0 Å². The lowest BCUT2D eigenvalue weighted by Crippen LogP contribution is -2.28. The number of anilines is 1. The molecule has 0 spiro atoms. The van der Waals surface area contributed by atoms with E-state index in [0.29, 0.717) is 19.0 Å². The van der Waals surface area contributed by atoms with E-state index in [0.717, 1.165) is 12.2 Å². The number of nitrogens with zero attached hydrogens (tertiary/aromatic N) is 2. The summed E-state index contributed by atoms with van der Waals surface area (Å²) in [7, 11) is 0. The maximum Gasteiger partial charge on any atom is 0.218 e. The third-order valence-corrected chi connectivity index (χ3v) is 2.06. The van der Waals surface area contributed by atoms with Gasteiger partial charge in [0.05, 0.1) is 6.61 Å². The number of nitrogens with one attached hydrogen (secondary N) is 1. The summed E-state index contributed by atoms with van der Waals surface area (Å²) in [5.74, 6) is 1.34. The Labute approximate surface area is 90.1 Å². The minimum atomic E-state index is 0.245. The molecule has 0 saturated heterocycles. The summed E-state index contributed by atoms with van der Waals surface area (Å²) in [4.78, 5) is 8.08. The summed E-state index contributed by atoms with van der Waals surface area (Å²) in [5, 5.41) is 3.22. The molecule has 0 aromatic carbocycles. The number of hydrogen-bond donors (Lipinski definition) is 2. The van der Waals surface area contributed by atoms with Crippen molar-refractivity contribution in [2.24, 2.45) is 5.73 Å². The second kappa shape index (κ2) is 6.19. The average Bonchev–Trinajstić information content (AvgIpc) is 2.27. The van der Waals surface area contributed by atoms with E-state index in [4.69, 9.17) is 10.5 Å². The van der Waals surface area contributed by atoms with Crippen LogP contribution >= 0.6 is 0 Å². The van der Waals surface area contributed by atoms with Crippen molar-refractivity contribution in [3.63, 3.8) is 0 Å². The third kappa shape index (κ3) is 3.71. The zero-order chi connectivity index (χ0) is 11.1. The fourth-order valence-corrected chi connectivity index (χ4v) is 1.18. The van der Waals surface area contributed by atoms with Gasteiger partial charge in [0.1, 0.15) is 12.1 Å². The molecule has 0 fully saturated rings. The van der Waals surface area contributed by atoms with Gasteiger partial charge in [-0.2, -0.15) is 0 Å². The Bertz CT molecular complexity index is 289. The first-order valence-electron chi connectivity index (χ1n) is 5.21. The first-order valence-corrected chi connectivity index (χ1v) is 5.21. The lowest BCUT2D eigenvalue weighted by atomic mass is 10.2. The van der Waals surface area contributed by atoms with Crippen LogP contribution in [0.4, 0.5) is 5.82 Å². The first-order chi connectivity index (χ1) is 7.30. The van der Waals surface area contributed by atoms with Gasteiger partial charge in [-0.15, -0.1) is 0 Å². The SMILES string of the molecule is CCOc1cc(NC(CC)CN)ncn1. The largest absolute Gasteiger partial charge is 0.478 e. The van der Waals surface area contributed by atoms with E-state index in [1.165, 1.54) is 6.33 Å². The van der Waals surface area contributed by atoms with Crippen LogP contribution < -0.4 is 15.8 Å². The van der Waals surface area contributed by atoms with E-state index < -0.39 is 0 Å². The molecule has 0 saturated carbocycles. The van der Waals surface area contributed by atoms with Crippen molar-refractivity contribution in [3.8, 4) is 5.88 Å². The Balaban J connectivity index is 2.64. The highest BCUT2D eigenvalue weighted by molar-refractivity contribution is 5.38. The van der Waals surface area contributed by atoms with Crippen molar-refractivity contribution in [2.45, 2.75) is 26.3 Å². The molecule has 84 valence electrons. The zero-order valence-electron chi connectivity index (χ0n) is 9.23. The molecule has 15 heavy (non-hydrogen) atoms. The minimum Gasteiger partial charge on any atom is -0.478 e. The predicted octanol–water partition coefficient (Wildman–Crippen LogP) is 1.02. The average molecular weight is 210 g/mol. The molecule has 1 aromatic heterocycles. The van der Waals surface area contributed by atoms with Gasteiger partial charge in [0, 0.05) is 18.7 Å². The molecule has 5 heteroatoms. The van der Waals surface area contributed by atoms with E-state index in [-0.39, 0.29) is 6.04 Å². The molecule has 0 aliphatic heterocycles. The molecule has 1 aromatic rings. The fourth-order valence-electron chi connectivity index (χ4n) is 1.18. The van der Waals surface area contributed by atoms with Gasteiger partial charge in [0.2, 0.25) is 5.88 Å². The lowest BCUT2D eigenvalue weighted by molar-refractivity contribution is 0.326. The number of rotatable bonds is 6. The Kier molecular flexibility index (Phi) is 4.83. The van der Waals surface area contributed by atoms with Gasteiger partial charge in [0.15, 0.2) is 0 Å². The minimum absolute atomic E-state index is 0.245. The van der Waals surface area contributed by atoms with Gasteiger partial charge in [-0.25, -0.2) is 9.97 Å². The summed E-state index contributed by atoms with van der Waals surface area (Å²) < 4.78 is 5.27. The Morgan fingerprint density at radius 3 is 2.87 bits per heavy atom. The number of hydrogen-bond acceptors (Lipinski definition) is 5. The van der Waals surface area contributed by atoms with Crippen molar-refractivity contribution in [3.05, 3.63) is 12.4 Å². The summed E-state index contributed by atoms with van der Waals surface area (Å²) in [6.07, 6.45) is 2.45. The topological polar surface area (TPSA) is 73.1 Å². The van der Waals surface area contributed by atoms with Crippen LogP contribution in [0, 0.1) is 0 Å². The molecule has 1 atom stereocenters. The molecule has 0 aliphatic rings. The molecule has 0 aliphatic carbocycles. The summed E-state index contributed by atoms with van der Waals surface area (Å²) in [5.41, 5.74) is 5.59. The third-order valence-electron chi connectivity index (χ3n) is 2.06. The van der Waals surface area contributed by atoms with Crippen molar-refractivity contribution in [1.29, 1.82) is 0 Å². The maximum atomic E-state index is 5.59. The Morgan fingerprint density at radius 2 is 2.27 bits per heavy atom. The molecule has 5 nitrogen and oxygen atoms in total. The molecule has 1 heterocycles. The summed E-state index contributed by atoms with van der Waals surface area (Å²) in [6.45, 7) is 5.19. The van der Waals surface area contributed by atoms with Crippen LogP contribution in [-0.2, 0) is 0 Å². The Hall–Kier alpha value is -1.36. The molecular formula is C10H18N4O. The predicted molar refractivity (Wildman–Crippen MR) is 60.0 cm³/mol. The van der Waals surface area contributed by atoms with Crippen LogP contribution in [0.25, 0.3) is 0 Å². The monoisotopic (exact) mass is 210 g/mol. The van der Waals surface area contributed by atoms with Crippen LogP contribution in [0.5, 0.6) is 5.88 Å². The number of nitrogens with two attached hydrogens (primary N) is 1. The first kappa shape index (κ1) is 11.7. The van der Waals surface area contributed by atoms with Crippen molar-refractivity contribution in [2.75, 3.05) is 18.5 Å². The van der Waals surface area contributed by atoms with Gasteiger partial charge in [-0.05, 0) is 13.3 Å². The fraction of sp³-hybridized carbons (Fsp3) is 0.600. The molecule has 0 amide bonds. The van der Waals surface area contributed by atoms with Gasteiger partial charge in [-0.1, -0.05) is 6.92 Å². The van der Waals surface area contributed by atoms with E-state index >= 15 is 0 Å². The normalized spacial score (nSPS) is 12.2. The zero-order valence-corrected chi connectivity index (χ0v) is 9.23. The smallest absolute Gasteiger partial charge is 0.218 e. The molecule has 0 bridgehead atoms.